The van der Waals surface area contributed by atoms with E-state index in [1.807, 2.05) is 25.1 Å². The molecule has 7 nitrogen and oxygen atoms in total. The van der Waals surface area contributed by atoms with Gasteiger partial charge in [0.25, 0.3) is 5.91 Å². The third kappa shape index (κ3) is 5.49. The minimum absolute atomic E-state index is 0.000156. The molecule has 1 unspecified atom stereocenters. The van der Waals surface area contributed by atoms with Crippen LogP contribution in [-0.2, 0) is 27.2 Å². The number of anilines is 1. The third-order valence-electron chi connectivity index (χ3n) is 7.98. The number of benzene rings is 1. The predicted molar refractivity (Wildman–Crippen MR) is 147 cm³/mol. The molecule has 1 aromatic carbocycles. The van der Waals surface area contributed by atoms with Crippen LogP contribution in [0.5, 0.6) is 0 Å². The number of imide groups is 1. The summed E-state index contributed by atoms with van der Waals surface area (Å²) in [5, 5.41) is 10.4. The van der Waals surface area contributed by atoms with Crippen LogP contribution in [0.15, 0.2) is 35.4 Å². The minimum Gasteiger partial charge on any atom is -0.326 e. The van der Waals surface area contributed by atoms with E-state index >= 15 is 0 Å². The van der Waals surface area contributed by atoms with Crippen molar-refractivity contribution in [2.45, 2.75) is 94.7 Å². The average molecular weight is 531 g/mol. The van der Waals surface area contributed by atoms with Crippen molar-refractivity contribution in [2.75, 3.05) is 10.7 Å². The number of aromatic nitrogens is 1. The van der Waals surface area contributed by atoms with Gasteiger partial charge in [0.05, 0.1) is 23.4 Å². The number of hydrogen-bond acceptors (Lipinski definition) is 6. The summed E-state index contributed by atoms with van der Waals surface area (Å²) >= 11 is 1.28. The van der Waals surface area contributed by atoms with Gasteiger partial charge < -0.3 is 4.90 Å². The zero-order chi connectivity index (χ0) is 26.6. The van der Waals surface area contributed by atoms with Crippen molar-refractivity contribution in [3.8, 4) is 6.07 Å². The van der Waals surface area contributed by atoms with Gasteiger partial charge in [-0.2, -0.15) is 5.26 Å². The molecular formula is C30H34N4O3S. The Bertz CT molecular complexity index is 1260. The summed E-state index contributed by atoms with van der Waals surface area (Å²) in [6, 6.07) is 10.7. The van der Waals surface area contributed by atoms with Crippen LogP contribution in [-0.4, -0.2) is 45.4 Å². The minimum atomic E-state index is -0.796. The molecule has 2 aromatic rings. The molecule has 5 rings (SSSR count). The summed E-state index contributed by atoms with van der Waals surface area (Å²) in [5.41, 5.74) is 4.27. The van der Waals surface area contributed by atoms with Crippen molar-refractivity contribution in [1.82, 2.24) is 9.88 Å². The molecule has 0 N–H and O–H groups in total. The monoisotopic (exact) mass is 530 g/mol. The van der Waals surface area contributed by atoms with Crippen molar-refractivity contribution in [3.05, 3.63) is 52.7 Å². The Morgan fingerprint density at radius 2 is 1.79 bits per heavy atom. The van der Waals surface area contributed by atoms with E-state index in [1.165, 1.54) is 16.7 Å². The van der Waals surface area contributed by atoms with E-state index in [9.17, 15) is 19.6 Å². The summed E-state index contributed by atoms with van der Waals surface area (Å²) in [5.74, 6) is -0.688. The summed E-state index contributed by atoms with van der Waals surface area (Å²) in [6.07, 6.45) is 9.96. The van der Waals surface area contributed by atoms with Crippen molar-refractivity contribution in [3.63, 3.8) is 0 Å². The van der Waals surface area contributed by atoms with Crippen LogP contribution in [0, 0.1) is 18.3 Å². The molecule has 0 radical (unpaired) electrons. The molecule has 0 spiro atoms. The Hall–Kier alpha value is -3.18. The number of carbonyl (C=O) groups is 3. The van der Waals surface area contributed by atoms with Gasteiger partial charge in [-0.1, -0.05) is 55.1 Å². The fraction of sp³-hybridized carbons (Fsp3) is 0.500. The van der Waals surface area contributed by atoms with Gasteiger partial charge in [-0.05, 0) is 69.2 Å². The molecule has 1 aromatic heterocycles. The lowest BCUT2D eigenvalue weighted by Crippen LogP contribution is -2.52. The average Bonchev–Trinajstić information content (AvgIpc) is 3.07. The molecule has 3 amide bonds. The van der Waals surface area contributed by atoms with Crippen LogP contribution in [0.4, 0.5) is 5.69 Å². The number of rotatable bonds is 6. The zero-order valence-corrected chi connectivity index (χ0v) is 22.8. The van der Waals surface area contributed by atoms with E-state index < -0.39 is 6.04 Å². The second-order valence-corrected chi connectivity index (χ2v) is 11.6. The number of hydrogen-bond donors (Lipinski definition) is 0. The fourth-order valence-electron chi connectivity index (χ4n) is 5.98. The highest BCUT2D eigenvalue weighted by atomic mass is 32.2. The molecule has 8 heteroatoms. The van der Waals surface area contributed by atoms with Gasteiger partial charge in [-0.3, -0.25) is 14.4 Å². The van der Waals surface area contributed by atoms with Crippen LogP contribution in [0.2, 0.25) is 0 Å². The Kier molecular flexibility index (Phi) is 8.13. The largest absolute Gasteiger partial charge is 0.326 e. The summed E-state index contributed by atoms with van der Waals surface area (Å²) in [4.78, 5) is 48.2. The topological polar surface area (TPSA) is 94.4 Å². The molecule has 0 bridgehead atoms. The molecule has 2 heterocycles. The van der Waals surface area contributed by atoms with E-state index in [0.717, 1.165) is 81.0 Å². The van der Waals surface area contributed by atoms with E-state index in [2.05, 4.69) is 6.07 Å². The first kappa shape index (κ1) is 26.4. The maximum atomic E-state index is 13.8. The van der Waals surface area contributed by atoms with Crippen molar-refractivity contribution >= 4 is 35.2 Å². The highest BCUT2D eigenvalue weighted by Crippen LogP contribution is 2.33. The number of pyridine rings is 1. The molecule has 1 aliphatic heterocycles. The molecule has 2 aliphatic carbocycles. The molecule has 198 valence electrons. The first-order valence-electron chi connectivity index (χ1n) is 13.8. The molecule has 38 heavy (non-hydrogen) atoms. The van der Waals surface area contributed by atoms with Crippen LogP contribution in [0.3, 0.4) is 0 Å². The first-order chi connectivity index (χ1) is 18.5. The third-order valence-corrected chi connectivity index (χ3v) is 8.95. The first-order valence-corrected chi connectivity index (χ1v) is 14.7. The number of nitrogens with zero attached hydrogens (tertiary/aromatic N) is 4. The van der Waals surface area contributed by atoms with Gasteiger partial charge in [0.1, 0.15) is 17.1 Å². The van der Waals surface area contributed by atoms with Crippen LogP contribution in [0.1, 0.15) is 80.2 Å². The lowest BCUT2D eigenvalue weighted by Gasteiger charge is -2.37. The van der Waals surface area contributed by atoms with Gasteiger partial charge in [0.15, 0.2) is 0 Å². The number of aryl methyl sites for hydroxylation is 3. The van der Waals surface area contributed by atoms with Crippen LogP contribution in [0.25, 0.3) is 0 Å². The second-order valence-electron chi connectivity index (χ2n) is 10.6. The van der Waals surface area contributed by atoms with E-state index in [1.54, 1.807) is 17.0 Å². The molecular weight excluding hydrogens is 496 g/mol. The summed E-state index contributed by atoms with van der Waals surface area (Å²) in [6.45, 7) is 1.96. The Morgan fingerprint density at radius 1 is 1.08 bits per heavy atom. The van der Waals surface area contributed by atoms with Crippen molar-refractivity contribution in [1.29, 1.82) is 5.26 Å². The normalized spacial score (nSPS) is 20.1. The van der Waals surface area contributed by atoms with E-state index in [4.69, 9.17) is 4.98 Å². The number of fused-ring (bicyclic) bond motifs is 1. The lowest BCUT2D eigenvalue weighted by molar-refractivity contribution is -0.139. The summed E-state index contributed by atoms with van der Waals surface area (Å²) < 4.78 is 0. The number of carbonyl (C=O) groups excluding carboxylic acids is 3. The number of nitriles is 1. The summed E-state index contributed by atoms with van der Waals surface area (Å²) in [7, 11) is 0. The molecule has 2 fully saturated rings. The smallest absolute Gasteiger partial charge is 0.257 e. The standard InChI is InChI=1S/C30H34N4O3S/c1-20-12-14-24(15-13-20)34-27(35)17-26(30(34)37)33(23-9-5-3-6-10-23)28(36)19-38-29-22(18-31)16-21-8-4-2-7-11-25(21)32-29/h12-16,23,26H,2-11,17,19H2,1H3. The SMILES string of the molecule is Cc1ccc(N2C(=O)CC(N(C(=O)CSc3nc4c(cc3C#N)CCCCC4)C3CCCCC3)C2=O)cc1. The molecule has 3 aliphatic rings. The van der Waals surface area contributed by atoms with Gasteiger partial charge in [-0.15, -0.1) is 0 Å². The van der Waals surface area contributed by atoms with E-state index in [-0.39, 0.29) is 35.9 Å². The quantitative estimate of drug-likeness (QED) is 0.292. The number of thioether (sulfide) groups is 1. The highest BCUT2D eigenvalue weighted by molar-refractivity contribution is 8.00. The predicted octanol–water partition coefficient (Wildman–Crippen LogP) is 5.12. The van der Waals surface area contributed by atoms with E-state index in [0.29, 0.717) is 16.3 Å². The molecule has 1 saturated heterocycles. The maximum absolute atomic E-state index is 13.8. The van der Waals surface area contributed by atoms with Crippen LogP contribution < -0.4 is 4.90 Å². The van der Waals surface area contributed by atoms with Crippen molar-refractivity contribution in [2.24, 2.45) is 0 Å². The lowest BCUT2D eigenvalue weighted by atomic mass is 9.92. The Labute approximate surface area is 228 Å². The Morgan fingerprint density at radius 3 is 2.53 bits per heavy atom. The maximum Gasteiger partial charge on any atom is 0.257 e. The molecule has 1 saturated carbocycles. The highest BCUT2D eigenvalue weighted by Gasteiger charge is 2.46. The van der Waals surface area contributed by atoms with Crippen molar-refractivity contribution < 1.29 is 14.4 Å². The van der Waals surface area contributed by atoms with Gasteiger partial charge >= 0.3 is 0 Å². The van der Waals surface area contributed by atoms with Gasteiger partial charge in [0, 0.05) is 11.7 Å². The second kappa shape index (κ2) is 11.7. The van der Waals surface area contributed by atoms with Gasteiger partial charge in [-0.25, -0.2) is 9.88 Å². The van der Waals surface area contributed by atoms with Crippen LogP contribution >= 0.6 is 11.8 Å². The number of amides is 3. The molecule has 1 atom stereocenters. The van der Waals surface area contributed by atoms with Gasteiger partial charge in [0.2, 0.25) is 11.8 Å². The Balaban J connectivity index is 1.38. The zero-order valence-electron chi connectivity index (χ0n) is 21.9. The fourth-order valence-corrected chi connectivity index (χ4v) is 6.82.